The van der Waals surface area contributed by atoms with E-state index in [1.165, 1.54) is 0 Å². The SMILES string of the molecule is COc1cc(OCc2cccc(-c3cccc(CO)c3C)c2C)cc(OC)c1CNCCCC(C)=O. The maximum atomic E-state index is 11.1. The number of aliphatic hydroxyl groups is 1. The summed E-state index contributed by atoms with van der Waals surface area (Å²) in [6.07, 6.45) is 1.37. The van der Waals surface area contributed by atoms with Crippen molar-refractivity contribution in [1.29, 1.82) is 0 Å². The number of aliphatic hydroxyl groups excluding tert-OH is 1. The van der Waals surface area contributed by atoms with Crippen LogP contribution in [0.3, 0.4) is 0 Å². The highest BCUT2D eigenvalue weighted by atomic mass is 16.5. The number of ketones is 1. The molecule has 0 saturated heterocycles. The van der Waals surface area contributed by atoms with Gasteiger partial charge >= 0.3 is 0 Å². The predicted molar refractivity (Wildman–Crippen MR) is 143 cm³/mol. The van der Waals surface area contributed by atoms with Gasteiger partial charge in [-0.1, -0.05) is 36.4 Å². The van der Waals surface area contributed by atoms with Crippen molar-refractivity contribution in [3.05, 3.63) is 76.3 Å². The molecule has 3 rings (SSSR count). The molecule has 0 saturated carbocycles. The summed E-state index contributed by atoms with van der Waals surface area (Å²) in [5, 5.41) is 13.0. The van der Waals surface area contributed by atoms with Crippen LogP contribution in [0.1, 0.15) is 47.6 Å². The number of carbonyl (C=O) groups is 1. The summed E-state index contributed by atoms with van der Waals surface area (Å²) in [7, 11) is 3.27. The maximum Gasteiger partial charge on any atom is 0.130 e. The molecule has 0 bridgehead atoms. The van der Waals surface area contributed by atoms with Gasteiger partial charge in [0.05, 0.1) is 26.4 Å². The maximum absolute atomic E-state index is 11.1. The average molecular weight is 492 g/mol. The first-order valence-corrected chi connectivity index (χ1v) is 12.3. The molecule has 192 valence electrons. The highest BCUT2D eigenvalue weighted by Gasteiger charge is 2.15. The monoisotopic (exact) mass is 491 g/mol. The third-order valence-electron chi connectivity index (χ3n) is 6.51. The van der Waals surface area contributed by atoms with E-state index >= 15 is 0 Å². The van der Waals surface area contributed by atoms with Crippen LogP contribution in [0.2, 0.25) is 0 Å². The quantitative estimate of drug-likeness (QED) is 0.307. The second-order valence-corrected chi connectivity index (χ2v) is 8.91. The van der Waals surface area contributed by atoms with Gasteiger partial charge in [-0.25, -0.2) is 0 Å². The van der Waals surface area contributed by atoms with Gasteiger partial charge in [-0.15, -0.1) is 0 Å². The molecule has 0 amide bonds. The number of carbonyl (C=O) groups excluding carboxylic acids is 1. The molecule has 0 aliphatic heterocycles. The zero-order valence-corrected chi connectivity index (χ0v) is 21.9. The van der Waals surface area contributed by atoms with Crippen LogP contribution in [0.5, 0.6) is 17.2 Å². The number of methoxy groups -OCH3 is 2. The van der Waals surface area contributed by atoms with Crippen LogP contribution < -0.4 is 19.5 Å². The van der Waals surface area contributed by atoms with Crippen LogP contribution in [-0.2, 0) is 24.6 Å². The number of nitrogens with one attached hydrogen (secondary N) is 1. The van der Waals surface area contributed by atoms with E-state index in [0.29, 0.717) is 36.8 Å². The molecule has 0 unspecified atom stereocenters. The molecular formula is C30H37NO5. The molecular weight excluding hydrogens is 454 g/mol. The van der Waals surface area contributed by atoms with Crippen molar-refractivity contribution in [2.24, 2.45) is 0 Å². The summed E-state index contributed by atoms with van der Waals surface area (Å²) < 4.78 is 17.5. The normalized spacial score (nSPS) is 10.8. The first kappa shape index (κ1) is 27.2. The first-order chi connectivity index (χ1) is 17.4. The van der Waals surface area contributed by atoms with E-state index in [9.17, 15) is 9.90 Å². The van der Waals surface area contributed by atoms with Crippen molar-refractivity contribution in [1.82, 2.24) is 5.32 Å². The lowest BCUT2D eigenvalue weighted by molar-refractivity contribution is -0.117. The molecule has 3 aromatic carbocycles. The minimum Gasteiger partial charge on any atom is -0.496 e. The molecule has 6 nitrogen and oxygen atoms in total. The van der Waals surface area contributed by atoms with Crippen LogP contribution in [0.25, 0.3) is 11.1 Å². The van der Waals surface area contributed by atoms with E-state index in [0.717, 1.165) is 51.9 Å². The fourth-order valence-electron chi connectivity index (χ4n) is 4.33. The van der Waals surface area contributed by atoms with Crippen LogP contribution in [0.4, 0.5) is 0 Å². The summed E-state index contributed by atoms with van der Waals surface area (Å²) in [4.78, 5) is 11.1. The minimum absolute atomic E-state index is 0.0229. The third-order valence-corrected chi connectivity index (χ3v) is 6.51. The van der Waals surface area contributed by atoms with Gasteiger partial charge in [0.15, 0.2) is 0 Å². The lowest BCUT2D eigenvalue weighted by Gasteiger charge is -2.18. The number of Topliss-reactive ketones (excluding diaryl/α,β-unsaturated/α-hetero) is 1. The molecule has 0 radical (unpaired) electrons. The van der Waals surface area contributed by atoms with Gasteiger partial charge in [-0.05, 0) is 67.1 Å². The molecule has 0 aliphatic carbocycles. The number of hydrogen-bond acceptors (Lipinski definition) is 6. The molecule has 0 atom stereocenters. The Morgan fingerprint density at radius 1 is 0.917 bits per heavy atom. The summed E-state index contributed by atoms with van der Waals surface area (Å²) in [5.74, 6) is 2.23. The Kier molecular flexibility index (Phi) is 9.91. The molecule has 0 fully saturated rings. The Morgan fingerprint density at radius 3 is 2.06 bits per heavy atom. The van der Waals surface area contributed by atoms with Crippen molar-refractivity contribution >= 4 is 5.78 Å². The topological polar surface area (TPSA) is 77.0 Å². The minimum atomic E-state index is 0.0229. The van der Waals surface area contributed by atoms with E-state index in [1.807, 2.05) is 37.3 Å². The smallest absolute Gasteiger partial charge is 0.130 e. The lowest BCUT2D eigenvalue weighted by atomic mass is 9.92. The summed E-state index contributed by atoms with van der Waals surface area (Å²) >= 11 is 0. The second-order valence-electron chi connectivity index (χ2n) is 8.91. The molecule has 36 heavy (non-hydrogen) atoms. The Hall–Kier alpha value is -3.35. The van der Waals surface area contributed by atoms with Crippen LogP contribution in [0, 0.1) is 13.8 Å². The molecule has 2 N–H and O–H groups in total. The number of hydrogen-bond donors (Lipinski definition) is 2. The molecule has 0 aromatic heterocycles. The highest BCUT2D eigenvalue weighted by Crippen LogP contribution is 2.35. The number of benzene rings is 3. The number of rotatable bonds is 13. The molecule has 0 aliphatic rings. The fraction of sp³-hybridized carbons (Fsp3) is 0.367. The van der Waals surface area contributed by atoms with Gasteiger partial charge in [0.25, 0.3) is 0 Å². The van der Waals surface area contributed by atoms with Crippen LogP contribution in [0.15, 0.2) is 48.5 Å². The van der Waals surface area contributed by atoms with Crippen molar-refractivity contribution in [3.63, 3.8) is 0 Å². The van der Waals surface area contributed by atoms with Crippen LogP contribution >= 0.6 is 0 Å². The Morgan fingerprint density at radius 2 is 1.50 bits per heavy atom. The standard InChI is InChI=1S/C30H37NO5/c1-20(33)9-8-14-31-17-28-29(34-4)15-25(16-30(28)35-5)36-19-24-11-7-13-27(22(24)3)26-12-6-10-23(18-32)21(26)2/h6-7,10-13,15-16,31-32H,8-9,14,17-19H2,1-5H3. The van der Waals surface area contributed by atoms with E-state index in [-0.39, 0.29) is 12.4 Å². The van der Waals surface area contributed by atoms with Crippen molar-refractivity contribution < 1.29 is 24.1 Å². The van der Waals surface area contributed by atoms with Gasteiger partial charge in [-0.2, -0.15) is 0 Å². The summed E-state index contributed by atoms with van der Waals surface area (Å²) in [5.41, 5.74) is 7.39. The zero-order chi connectivity index (χ0) is 26.1. The molecule has 6 heteroatoms. The fourth-order valence-corrected chi connectivity index (χ4v) is 4.33. The van der Waals surface area contributed by atoms with Gasteiger partial charge in [0, 0.05) is 25.1 Å². The van der Waals surface area contributed by atoms with E-state index in [2.05, 4.69) is 30.4 Å². The second kappa shape index (κ2) is 13.1. The largest absolute Gasteiger partial charge is 0.496 e. The number of ether oxygens (including phenoxy) is 3. The molecule has 0 heterocycles. The first-order valence-electron chi connectivity index (χ1n) is 12.3. The highest BCUT2D eigenvalue weighted by molar-refractivity contribution is 5.75. The van der Waals surface area contributed by atoms with Crippen molar-refractivity contribution in [2.75, 3.05) is 20.8 Å². The Balaban J connectivity index is 1.77. The average Bonchev–Trinajstić information content (AvgIpc) is 2.88. The van der Waals surface area contributed by atoms with Gasteiger partial charge in [0.1, 0.15) is 29.6 Å². The van der Waals surface area contributed by atoms with Gasteiger partial charge < -0.3 is 29.4 Å². The van der Waals surface area contributed by atoms with E-state index in [1.54, 1.807) is 21.1 Å². The summed E-state index contributed by atoms with van der Waals surface area (Å²) in [6.45, 7) is 7.47. The lowest BCUT2D eigenvalue weighted by Crippen LogP contribution is -2.16. The molecule has 3 aromatic rings. The Bertz CT molecular complexity index is 1160. The van der Waals surface area contributed by atoms with Crippen LogP contribution in [-0.4, -0.2) is 31.7 Å². The zero-order valence-electron chi connectivity index (χ0n) is 21.9. The predicted octanol–water partition coefficient (Wildman–Crippen LogP) is 5.52. The summed E-state index contributed by atoms with van der Waals surface area (Å²) in [6, 6.07) is 16.0. The Labute approximate surface area is 214 Å². The van der Waals surface area contributed by atoms with E-state index in [4.69, 9.17) is 14.2 Å². The third kappa shape index (κ3) is 6.65. The van der Waals surface area contributed by atoms with Gasteiger partial charge in [-0.3, -0.25) is 0 Å². The van der Waals surface area contributed by atoms with Crippen molar-refractivity contribution in [2.45, 2.75) is 53.4 Å². The van der Waals surface area contributed by atoms with Gasteiger partial charge in [0.2, 0.25) is 0 Å². The molecule has 0 spiro atoms. The van der Waals surface area contributed by atoms with E-state index < -0.39 is 0 Å². The van der Waals surface area contributed by atoms with Crippen molar-refractivity contribution in [3.8, 4) is 28.4 Å².